The predicted octanol–water partition coefficient (Wildman–Crippen LogP) is 2.26. The molecule has 184 valence electrons. The fourth-order valence-electron chi connectivity index (χ4n) is 4.25. The van der Waals surface area contributed by atoms with Gasteiger partial charge in [-0.2, -0.15) is 9.78 Å². The summed E-state index contributed by atoms with van der Waals surface area (Å²) in [6.45, 7) is 0.378. The lowest BCUT2D eigenvalue weighted by atomic mass is 10.0. The lowest BCUT2D eigenvalue weighted by Crippen LogP contribution is -2.48. The van der Waals surface area contributed by atoms with E-state index in [1.807, 2.05) is 18.2 Å². The number of nitrogens with zero attached hydrogens (tertiary/aromatic N) is 3. The molecule has 2 aliphatic heterocycles. The van der Waals surface area contributed by atoms with E-state index in [9.17, 15) is 19.1 Å². The van der Waals surface area contributed by atoms with Crippen molar-refractivity contribution in [2.45, 2.75) is 30.9 Å². The van der Waals surface area contributed by atoms with Gasteiger partial charge in [-0.15, -0.1) is 0 Å². The number of carbonyl (C=O) groups is 2. The molecular formula is C27H25FN4O4. The van der Waals surface area contributed by atoms with E-state index in [4.69, 9.17) is 4.74 Å². The summed E-state index contributed by atoms with van der Waals surface area (Å²) in [6, 6.07) is 10.5. The maximum atomic E-state index is 13.2. The van der Waals surface area contributed by atoms with Gasteiger partial charge in [-0.3, -0.25) is 4.79 Å². The summed E-state index contributed by atoms with van der Waals surface area (Å²) in [4.78, 5) is 27.6. The minimum Gasteiger partial charge on any atom is -0.373 e. The van der Waals surface area contributed by atoms with Crippen LogP contribution in [0.15, 0.2) is 54.9 Å². The van der Waals surface area contributed by atoms with Crippen molar-refractivity contribution < 1.29 is 23.8 Å². The Bertz CT molecular complexity index is 1370. The van der Waals surface area contributed by atoms with Crippen molar-refractivity contribution in [1.82, 2.24) is 15.1 Å². The number of rotatable bonds is 3. The second-order valence-electron chi connectivity index (χ2n) is 9.15. The van der Waals surface area contributed by atoms with Crippen LogP contribution in [0, 0.1) is 17.7 Å². The molecule has 1 atom stereocenters. The van der Waals surface area contributed by atoms with Crippen LogP contribution in [0.2, 0.25) is 0 Å². The number of carbonyl (C=O) groups excluding carboxylic acids is 2. The van der Waals surface area contributed by atoms with Crippen molar-refractivity contribution in [3.05, 3.63) is 82.9 Å². The number of likely N-dealkylation sites (N-methyl/N-ethyl adjacent to an activating group) is 1. The number of aryl methyl sites for hydroxylation is 1. The number of nitrogens with one attached hydrogen (secondary N) is 1. The Balaban J connectivity index is 1.26. The van der Waals surface area contributed by atoms with Gasteiger partial charge in [0.15, 0.2) is 5.60 Å². The molecule has 0 radical (unpaired) electrons. The van der Waals surface area contributed by atoms with E-state index in [2.05, 4.69) is 22.3 Å². The fraction of sp³-hybridized carbons (Fsp3) is 0.296. The van der Waals surface area contributed by atoms with E-state index in [1.54, 1.807) is 31.6 Å². The van der Waals surface area contributed by atoms with Crippen molar-refractivity contribution in [2.24, 2.45) is 0 Å². The first-order chi connectivity index (χ1) is 17.3. The Morgan fingerprint density at radius 1 is 1.25 bits per heavy atom. The molecule has 0 spiro atoms. The summed E-state index contributed by atoms with van der Waals surface area (Å²) in [6.07, 6.45) is 4.72. The maximum Gasteiger partial charge on any atom is 0.342 e. The number of amides is 2. The van der Waals surface area contributed by atoms with E-state index in [0.717, 1.165) is 22.4 Å². The second-order valence-corrected chi connectivity index (χ2v) is 9.15. The predicted molar refractivity (Wildman–Crippen MR) is 130 cm³/mol. The molecule has 1 fully saturated rings. The molecule has 2 N–H and O–H groups in total. The van der Waals surface area contributed by atoms with Gasteiger partial charge in [0.2, 0.25) is 5.91 Å². The molecular weight excluding hydrogens is 463 g/mol. The minimum absolute atomic E-state index is 0.189. The number of hydrogen-bond acceptors (Lipinski definition) is 5. The topological polar surface area (TPSA) is 96.7 Å². The molecule has 2 aliphatic rings. The number of aliphatic hydroxyl groups is 1. The number of aromatic nitrogens is 2. The van der Waals surface area contributed by atoms with E-state index in [1.165, 1.54) is 21.7 Å². The van der Waals surface area contributed by atoms with E-state index in [0.29, 0.717) is 24.8 Å². The number of anilines is 1. The molecule has 0 bridgehead atoms. The third-order valence-corrected chi connectivity index (χ3v) is 6.36. The van der Waals surface area contributed by atoms with Crippen LogP contribution < -0.4 is 10.2 Å². The van der Waals surface area contributed by atoms with Crippen LogP contribution >= 0.6 is 0 Å². The zero-order valence-electron chi connectivity index (χ0n) is 19.7. The largest absolute Gasteiger partial charge is 0.373 e. The summed E-state index contributed by atoms with van der Waals surface area (Å²) < 4.78 is 19.3. The molecule has 9 heteroatoms. The van der Waals surface area contributed by atoms with Gasteiger partial charge in [-0.25, -0.2) is 9.18 Å². The Morgan fingerprint density at radius 2 is 2.03 bits per heavy atom. The highest BCUT2D eigenvalue weighted by atomic mass is 19.1. The molecule has 3 aromatic rings. The maximum absolute atomic E-state index is 13.2. The second kappa shape index (κ2) is 9.57. The monoisotopic (exact) mass is 488 g/mol. The van der Waals surface area contributed by atoms with E-state index in [-0.39, 0.29) is 24.9 Å². The van der Waals surface area contributed by atoms with Gasteiger partial charge < -0.3 is 20.1 Å². The Hall–Kier alpha value is -4.00. The molecule has 5 rings (SSSR count). The van der Waals surface area contributed by atoms with Crippen molar-refractivity contribution in [3.8, 4) is 11.8 Å². The molecule has 1 aromatic heterocycles. The van der Waals surface area contributed by atoms with E-state index < -0.39 is 17.7 Å². The average molecular weight is 489 g/mol. The summed E-state index contributed by atoms with van der Waals surface area (Å²) in [5.41, 5.74) is 2.95. The molecule has 0 saturated carbocycles. The Morgan fingerprint density at radius 3 is 2.75 bits per heavy atom. The molecule has 1 saturated heterocycles. The highest BCUT2D eigenvalue weighted by Gasteiger charge is 2.34. The van der Waals surface area contributed by atoms with Gasteiger partial charge in [-0.1, -0.05) is 30.0 Å². The van der Waals surface area contributed by atoms with Crippen molar-refractivity contribution in [2.75, 3.05) is 25.2 Å². The van der Waals surface area contributed by atoms with Crippen molar-refractivity contribution in [3.63, 3.8) is 0 Å². The van der Waals surface area contributed by atoms with Gasteiger partial charge in [0.1, 0.15) is 11.9 Å². The van der Waals surface area contributed by atoms with Crippen LogP contribution in [0.3, 0.4) is 0 Å². The molecule has 2 amide bonds. The quantitative estimate of drug-likeness (QED) is 0.552. The van der Waals surface area contributed by atoms with E-state index >= 15 is 0 Å². The first kappa shape index (κ1) is 23.7. The first-order valence-corrected chi connectivity index (χ1v) is 11.6. The zero-order valence-corrected chi connectivity index (χ0v) is 19.7. The summed E-state index contributed by atoms with van der Waals surface area (Å²) in [5.74, 6) is 5.24. The van der Waals surface area contributed by atoms with Crippen LogP contribution in [0.5, 0.6) is 0 Å². The van der Waals surface area contributed by atoms with Crippen molar-refractivity contribution in [1.29, 1.82) is 0 Å². The number of benzene rings is 2. The third-order valence-electron chi connectivity index (χ3n) is 6.36. The number of ether oxygens (including phenoxy) is 1. The highest BCUT2D eigenvalue weighted by Crippen LogP contribution is 2.27. The normalized spacial score (nSPS) is 18.4. The van der Waals surface area contributed by atoms with Crippen LogP contribution in [-0.4, -0.2) is 58.7 Å². The summed E-state index contributed by atoms with van der Waals surface area (Å²) >= 11 is 0. The summed E-state index contributed by atoms with van der Waals surface area (Å²) in [7, 11) is 1.67. The molecule has 8 nitrogen and oxygen atoms in total. The van der Waals surface area contributed by atoms with Gasteiger partial charge >= 0.3 is 6.03 Å². The van der Waals surface area contributed by atoms with Gasteiger partial charge in [-0.05, 0) is 53.8 Å². The zero-order chi connectivity index (χ0) is 25.3. The van der Waals surface area contributed by atoms with Gasteiger partial charge in [0, 0.05) is 30.9 Å². The standard InChI is InChI=1S/C27H25FN4O4/c1-31-24-13-19(10-11-27(35)16-36-17-27)2-5-21(24)6-9-23(25(31)33)30-26(34)32-15-20(14-29-32)12-18-3-7-22(28)8-4-18/h2-5,7-8,13-15,23,35H,6,9,12,16-17H2,1H3,(H,30,34)/t23-/m0/s1. The number of fused-ring (bicyclic) bond motifs is 1. The van der Waals surface area contributed by atoms with Crippen LogP contribution in [-0.2, 0) is 22.4 Å². The molecule has 0 unspecified atom stereocenters. The SMILES string of the molecule is CN1C(=O)[C@@H](NC(=O)n2cc(Cc3ccc(F)cc3)cn2)CCc2ccc(C#CC3(O)COC3)cc21. The number of halogens is 1. The van der Waals surface area contributed by atoms with Gasteiger partial charge in [0.05, 0.1) is 19.4 Å². The summed E-state index contributed by atoms with van der Waals surface area (Å²) in [5, 5.41) is 17.0. The lowest BCUT2D eigenvalue weighted by molar-refractivity contribution is -0.140. The molecule has 0 aliphatic carbocycles. The molecule has 36 heavy (non-hydrogen) atoms. The smallest absolute Gasteiger partial charge is 0.342 e. The van der Waals surface area contributed by atoms with Crippen LogP contribution in [0.4, 0.5) is 14.9 Å². The highest BCUT2D eigenvalue weighted by molar-refractivity contribution is 6.00. The lowest BCUT2D eigenvalue weighted by Gasteiger charge is -2.30. The Kier molecular flexibility index (Phi) is 6.31. The van der Waals surface area contributed by atoms with Crippen LogP contribution in [0.25, 0.3) is 0 Å². The number of hydrogen-bond donors (Lipinski definition) is 2. The van der Waals surface area contributed by atoms with Gasteiger partial charge in [0.25, 0.3) is 0 Å². The van der Waals surface area contributed by atoms with Crippen molar-refractivity contribution >= 4 is 17.6 Å². The third kappa shape index (κ3) is 5.00. The fourth-order valence-corrected chi connectivity index (χ4v) is 4.25. The minimum atomic E-state index is -1.12. The Labute approximate surface area is 207 Å². The first-order valence-electron chi connectivity index (χ1n) is 11.6. The average Bonchev–Trinajstić information content (AvgIpc) is 3.29. The van der Waals surface area contributed by atoms with Crippen LogP contribution in [0.1, 0.15) is 28.7 Å². The molecule has 2 aromatic carbocycles. The molecule has 3 heterocycles.